The molecule has 2 rings (SSSR count). The van der Waals surface area contributed by atoms with Gasteiger partial charge in [0, 0.05) is 0 Å². The lowest BCUT2D eigenvalue weighted by atomic mass is 9.85. The molecule has 4 heteroatoms. The largest absolute Gasteiger partial charge is 0.496 e. The molecule has 0 saturated heterocycles. The number of methoxy groups -OCH3 is 1. The standard InChI is InChI=1S/C14H18O4/c1-8-6-7-9(17-8)11-12(16-5)10(13(15)18-11)14(2,3)4/h6-7,11H,1-5H3. The van der Waals surface area contributed by atoms with E-state index in [1.165, 1.54) is 0 Å². The highest BCUT2D eigenvalue weighted by Gasteiger charge is 2.43. The van der Waals surface area contributed by atoms with Gasteiger partial charge in [0.15, 0.2) is 11.5 Å². The average molecular weight is 250 g/mol. The van der Waals surface area contributed by atoms with Gasteiger partial charge in [0.1, 0.15) is 5.76 Å². The zero-order valence-corrected chi connectivity index (χ0v) is 11.4. The molecule has 1 aliphatic rings. The van der Waals surface area contributed by atoms with E-state index in [9.17, 15) is 4.79 Å². The molecular weight excluding hydrogens is 232 g/mol. The first-order valence-electron chi connectivity index (χ1n) is 5.90. The summed E-state index contributed by atoms with van der Waals surface area (Å²) in [5, 5.41) is 0. The normalized spacial score (nSPS) is 20.3. The van der Waals surface area contributed by atoms with Crippen LogP contribution in [0.5, 0.6) is 0 Å². The molecule has 0 fully saturated rings. The lowest BCUT2D eigenvalue weighted by Crippen LogP contribution is -2.16. The van der Waals surface area contributed by atoms with Crippen molar-refractivity contribution in [2.24, 2.45) is 5.41 Å². The minimum absolute atomic E-state index is 0.321. The topological polar surface area (TPSA) is 48.7 Å². The fourth-order valence-corrected chi connectivity index (χ4v) is 2.12. The van der Waals surface area contributed by atoms with Crippen molar-refractivity contribution in [1.82, 2.24) is 0 Å². The van der Waals surface area contributed by atoms with Crippen LogP contribution >= 0.6 is 0 Å². The van der Waals surface area contributed by atoms with Crippen LogP contribution in [0.25, 0.3) is 0 Å². The van der Waals surface area contributed by atoms with Gasteiger partial charge in [0.05, 0.1) is 12.7 Å². The maximum Gasteiger partial charge on any atom is 0.339 e. The number of rotatable bonds is 2. The number of cyclic esters (lactones) is 1. The van der Waals surface area contributed by atoms with E-state index in [1.807, 2.05) is 33.8 Å². The Kier molecular flexibility index (Phi) is 2.97. The Labute approximate surface area is 107 Å². The number of carbonyl (C=O) groups is 1. The van der Waals surface area contributed by atoms with Crippen molar-refractivity contribution in [3.63, 3.8) is 0 Å². The van der Waals surface area contributed by atoms with Crippen LogP contribution in [0.2, 0.25) is 0 Å². The molecule has 1 atom stereocenters. The Bertz CT molecular complexity index is 502. The van der Waals surface area contributed by atoms with E-state index in [0.717, 1.165) is 5.76 Å². The highest BCUT2D eigenvalue weighted by atomic mass is 16.6. The first kappa shape index (κ1) is 12.7. The van der Waals surface area contributed by atoms with Gasteiger partial charge in [-0.1, -0.05) is 20.8 Å². The van der Waals surface area contributed by atoms with Gasteiger partial charge in [-0.3, -0.25) is 0 Å². The van der Waals surface area contributed by atoms with Crippen LogP contribution in [0.1, 0.15) is 38.4 Å². The van der Waals surface area contributed by atoms with E-state index in [1.54, 1.807) is 13.2 Å². The van der Waals surface area contributed by atoms with E-state index in [0.29, 0.717) is 17.1 Å². The predicted molar refractivity (Wildman–Crippen MR) is 65.8 cm³/mol. The number of esters is 1. The highest BCUT2D eigenvalue weighted by Crippen LogP contribution is 2.42. The number of furan rings is 1. The van der Waals surface area contributed by atoms with Crippen molar-refractivity contribution in [3.05, 3.63) is 35.0 Å². The molecule has 0 radical (unpaired) electrons. The fraction of sp³-hybridized carbons (Fsp3) is 0.500. The SMILES string of the molecule is COC1=C(C(C)(C)C)C(=O)OC1c1ccc(C)o1. The molecule has 0 saturated carbocycles. The van der Waals surface area contributed by atoms with Crippen LogP contribution in [-0.4, -0.2) is 13.1 Å². The van der Waals surface area contributed by atoms with Gasteiger partial charge in [-0.05, 0) is 24.5 Å². The molecule has 0 amide bonds. The van der Waals surface area contributed by atoms with Gasteiger partial charge in [-0.15, -0.1) is 0 Å². The Balaban J connectivity index is 2.47. The second-order valence-corrected chi connectivity index (χ2v) is 5.43. The van der Waals surface area contributed by atoms with Gasteiger partial charge < -0.3 is 13.9 Å². The fourth-order valence-electron chi connectivity index (χ4n) is 2.12. The molecule has 1 aromatic rings. The maximum atomic E-state index is 12.0. The summed E-state index contributed by atoms with van der Waals surface area (Å²) in [5.74, 6) is 1.58. The first-order chi connectivity index (χ1) is 8.34. The van der Waals surface area contributed by atoms with E-state index in [-0.39, 0.29) is 11.4 Å². The van der Waals surface area contributed by atoms with Crippen LogP contribution in [0, 0.1) is 12.3 Å². The molecule has 2 heterocycles. The first-order valence-corrected chi connectivity index (χ1v) is 5.90. The Morgan fingerprint density at radius 2 is 1.94 bits per heavy atom. The number of ether oxygens (including phenoxy) is 2. The second kappa shape index (κ2) is 4.19. The summed E-state index contributed by atoms with van der Waals surface area (Å²) in [7, 11) is 1.55. The van der Waals surface area contributed by atoms with Gasteiger partial charge >= 0.3 is 5.97 Å². The van der Waals surface area contributed by atoms with Gasteiger partial charge in [0.25, 0.3) is 0 Å². The number of hydrogen-bond acceptors (Lipinski definition) is 4. The van der Waals surface area contributed by atoms with Crippen molar-refractivity contribution in [3.8, 4) is 0 Å². The summed E-state index contributed by atoms with van der Waals surface area (Å²) in [6.45, 7) is 7.72. The smallest absolute Gasteiger partial charge is 0.339 e. The Morgan fingerprint density at radius 1 is 1.28 bits per heavy atom. The van der Waals surface area contributed by atoms with E-state index in [2.05, 4.69) is 0 Å². The quantitative estimate of drug-likeness (QED) is 0.756. The molecule has 0 N–H and O–H groups in total. The van der Waals surface area contributed by atoms with Crippen LogP contribution in [0.15, 0.2) is 27.9 Å². The van der Waals surface area contributed by atoms with Crippen molar-refractivity contribution >= 4 is 5.97 Å². The molecule has 0 bridgehead atoms. The van der Waals surface area contributed by atoms with Crippen LogP contribution in [0.4, 0.5) is 0 Å². The average Bonchev–Trinajstić information content (AvgIpc) is 2.80. The van der Waals surface area contributed by atoms with Gasteiger partial charge in [0.2, 0.25) is 6.10 Å². The zero-order valence-electron chi connectivity index (χ0n) is 11.4. The summed E-state index contributed by atoms with van der Waals surface area (Å²) in [6, 6.07) is 3.64. The van der Waals surface area contributed by atoms with E-state index >= 15 is 0 Å². The molecule has 1 aliphatic heterocycles. The molecule has 0 aliphatic carbocycles. The summed E-state index contributed by atoms with van der Waals surface area (Å²) < 4.78 is 16.3. The molecule has 0 aromatic carbocycles. The minimum Gasteiger partial charge on any atom is -0.496 e. The third-order valence-electron chi connectivity index (χ3n) is 2.90. The van der Waals surface area contributed by atoms with Crippen LogP contribution in [0.3, 0.4) is 0 Å². The third-order valence-corrected chi connectivity index (χ3v) is 2.90. The minimum atomic E-state index is -0.564. The van der Waals surface area contributed by atoms with Gasteiger partial charge in [-0.2, -0.15) is 0 Å². The number of carbonyl (C=O) groups excluding carboxylic acids is 1. The summed E-state index contributed by atoms with van der Waals surface area (Å²) in [4.78, 5) is 12.0. The highest BCUT2D eigenvalue weighted by molar-refractivity contribution is 5.93. The van der Waals surface area contributed by atoms with Crippen molar-refractivity contribution in [2.45, 2.75) is 33.8 Å². The Morgan fingerprint density at radius 3 is 2.39 bits per heavy atom. The van der Waals surface area contributed by atoms with Crippen molar-refractivity contribution in [2.75, 3.05) is 7.11 Å². The van der Waals surface area contributed by atoms with Crippen LogP contribution < -0.4 is 0 Å². The molecule has 0 spiro atoms. The predicted octanol–water partition coefficient (Wildman–Crippen LogP) is 3.13. The van der Waals surface area contributed by atoms with Crippen LogP contribution in [-0.2, 0) is 14.3 Å². The van der Waals surface area contributed by atoms with Gasteiger partial charge in [-0.25, -0.2) is 4.79 Å². The lowest BCUT2D eigenvalue weighted by molar-refractivity contribution is -0.142. The number of aryl methyl sites for hydroxylation is 1. The molecule has 1 unspecified atom stereocenters. The van der Waals surface area contributed by atoms with E-state index < -0.39 is 6.10 Å². The third kappa shape index (κ3) is 2.03. The van der Waals surface area contributed by atoms with Crippen molar-refractivity contribution in [1.29, 1.82) is 0 Å². The Hall–Kier alpha value is -1.71. The number of hydrogen-bond donors (Lipinski definition) is 0. The second-order valence-electron chi connectivity index (χ2n) is 5.43. The molecule has 1 aromatic heterocycles. The molecule has 18 heavy (non-hydrogen) atoms. The zero-order chi connectivity index (χ0) is 13.5. The maximum absolute atomic E-state index is 12.0. The summed E-state index contributed by atoms with van der Waals surface area (Å²) in [5.41, 5.74) is 0.253. The monoisotopic (exact) mass is 250 g/mol. The molecular formula is C14H18O4. The molecule has 98 valence electrons. The van der Waals surface area contributed by atoms with Crippen molar-refractivity contribution < 1.29 is 18.7 Å². The lowest BCUT2D eigenvalue weighted by Gasteiger charge is -2.18. The van der Waals surface area contributed by atoms with E-state index in [4.69, 9.17) is 13.9 Å². The molecule has 4 nitrogen and oxygen atoms in total. The summed E-state index contributed by atoms with van der Waals surface area (Å²) in [6.07, 6.45) is -0.564. The summed E-state index contributed by atoms with van der Waals surface area (Å²) >= 11 is 0.